The summed E-state index contributed by atoms with van der Waals surface area (Å²) in [5, 5.41) is 10.8. The van der Waals surface area contributed by atoms with Crippen molar-refractivity contribution in [1.82, 2.24) is 4.90 Å². The molecule has 2 rings (SSSR count). The zero-order chi connectivity index (χ0) is 14.7. The van der Waals surface area contributed by atoms with E-state index >= 15 is 0 Å². The van der Waals surface area contributed by atoms with Gasteiger partial charge in [0.2, 0.25) is 5.91 Å². The smallest absolute Gasteiger partial charge is 0.269 e. The summed E-state index contributed by atoms with van der Waals surface area (Å²) in [5.41, 5.74) is 6.71. The molecule has 1 saturated heterocycles. The molecule has 7 heteroatoms. The fourth-order valence-electron chi connectivity index (χ4n) is 2.52. The summed E-state index contributed by atoms with van der Waals surface area (Å²) in [5.74, 6) is -0.0499. The normalized spacial score (nSPS) is 22.3. The predicted octanol–water partition coefficient (Wildman–Crippen LogP) is 0.842. The van der Waals surface area contributed by atoms with E-state index in [4.69, 9.17) is 10.5 Å². The second-order valence-corrected chi connectivity index (χ2v) is 4.74. The number of carbonyl (C=O) groups excluding carboxylic acids is 1. The molecule has 1 aromatic carbocycles. The van der Waals surface area contributed by atoms with Gasteiger partial charge in [0.15, 0.2) is 0 Å². The topological polar surface area (TPSA) is 98.7 Å². The summed E-state index contributed by atoms with van der Waals surface area (Å²) in [6.45, 7) is 0.834. The summed E-state index contributed by atoms with van der Waals surface area (Å²) in [6, 6.07) is 5.57. The van der Waals surface area contributed by atoms with Crippen molar-refractivity contribution in [2.45, 2.75) is 18.5 Å². The van der Waals surface area contributed by atoms with Gasteiger partial charge < -0.3 is 15.4 Å². The van der Waals surface area contributed by atoms with Gasteiger partial charge in [0.1, 0.15) is 0 Å². The van der Waals surface area contributed by atoms with Crippen LogP contribution in [0.5, 0.6) is 0 Å². The molecule has 2 atom stereocenters. The first kappa shape index (κ1) is 14.4. The number of rotatable bonds is 5. The van der Waals surface area contributed by atoms with Gasteiger partial charge in [-0.1, -0.05) is 12.1 Å². The molecule has 2 unspecified atom stereocenters. The van der Waals surface area contributed by atoms with Gasteiger partial charge in [-0.2, -0.15) is 0 Å². The summed E-state index contributed by atoms with van der Waals surface area (Å²) in [6.07, 6.45) is 0.247. The molecule has 1 aliphatic heterocycles. The number of hydrogen-bond acceptors (Lipinski definition) is 5. The molecule has 1 fully saturated rings. The second kappa shape index (κ2) is 5.98. The first-order chi connectivity index (χ1) is 9.54. The lowest BCUT2D eigenvalue weighted by atomic mass is 10.0. The Balaban J connectivity index is 2.30. The van der Waals surface area contributed by atoms with Crippen molar-refractivity contribution in [2.24, 2.45) is 5.73 Å². The number of hydrogen-bond donors (Lipinski definition) is 1. The van der Waals surface area contributed by atoms with Crippen LogP contribution in [0.2, 0.25) is 0 Å². The predicted molar refractivity (Wildman–Crippen MR) is 72.0 cm³/mol. The van der Waals surface area contributed by atoms with Crippen molar-refractivity contribution in [3.8, 4) is 0 Å². The Labute approximate surface area is 116 Å². The summed E-state index contributed by atoms with van der Waals surface area (Å²) in [4.78, 5) is 24.0. The lowest BCUT2D eigenvalue weighted by Gasteiger charge is -2.26. The molecule has 0 saturated carbocycles. The maximum Gasteiger partial charge on any atom is 0.269 e. The monoisotopic (exact) mass is 279 g/mol. The molecule has 108 valence electrons. The molecule has 1 aliphatic rings. The Morgan fingerprint density at radius 3 is 2.95 bits per heavy atom. The third kappa shape index (κ3) is 2.78. The first-order valence-electron chi connectivity index (χ1n) is 6.33. The van der Waals surface area contributed by atoms with Gasteiger partial charge in [-0.25, -0.2) is 0 Å². The van der Waals surface area contributed by atoms with E-state index in [1.54, 1.807) is 24.1 Å². The van der Waals surface area contributed by atoms with Gasteiger partial charge in [-0.05, 0) is 5.56 Å². The van der Waals surface area contributed by atoms with Crippen molar-refractivity contribution in [3.63, 3.8) is 0 Å². The third-order valence-corrected chi connectivity index (χ3v) is 3.43. The molecule has 1 amide bonds. The summed E-state index contributed by atoms with van der Waals surface area (Å²) < 4.78 is 4.99. The number of nitrogens with zero attached hydrogens (tertiary/aromatic N) is 2. The Morgan fingerprint density at radius 1 is 1.55 bits per heavy atom. The van der Waals surface area contributed by atoms with E-state index < -0.39 is 4.92 Å². The number of nitro groups is 1. The molecule has 0 bridgehead atoms. The van der Waals surface area contributed by atoms with Crippen LogP contribution >= 0.6 is 0 Å². The van der Waals surface area contributed by atoms with E-state index in [0.29, 0.717) is 18.7 Å². The van der Waals surface area contributed by atoms with Gasteiger partial charge in [0.05, 0.1) is 17.6 Å². The number of likely N-dealkylation sites (tertiary alicyclic amines) is 1. The highest BCUT2D eigenvalue weighted by atomic mass is 16.6. The molecule has 0 aromatic heterocycles. The Hall–Kier alpha value is -1.99. The quantitative estimate of drug-likeness (QED) is 0.636. The number of benzene rings is 1. The molecule has 1 heterocycles. The molecule has 7 nitrogen and oxygen atoms in total. The number of nitro benzene ring substituents is 1. The minimum absolute atomic E-state index is 0.000686. The van der Waals surface area contributed by atoms with E-state index in [1.807, 2.05) is 0 Å². The number of non-ortho nitro benzene ring substituents is 1. The molecular formula is C13H17N3O4. The molecule has 0 spiro atoms. The highest BCUT2D eigenvalue weighted by Gasteiger charge is 2.38. The zero-order valence-corrected chi connectivity index (χ0v) is 11.2. The molecule has 2 N–H and O–H groups in total. The summed E-state index contributed by atoms with van der Waals surface area (Å²) in [7, 11) is 1.56. The van der Waals surface area contributed by atoms with Crippen LogP contribution in [0, 0.1) is 10.1 Å². The highest BCUT2D eigenvalue weighted by Crippen LogP contribution is 2.33. The van der Waals surface area contributed by atoms with Crippen molar-refractivity contribution in [2.75, 3.05) is 20.3 Å². The van der Waals surface area contributed by atoms with Crippen molar-refractivity contribution in [1.29, 1.82) is 0 Å². The first-order valence-corrected chi connectivity index (χ1v) is 6.33. The third-order valence-electron chi connectivity index (χ3n) is 3.43. The standard InChI is InChI=1S/C13H17N3O4/c1-20-6-5-15-12(17)8-11(14)13(15)9-3-2-4-10(7-9)16(18)19/h2-4,7,11,13H,5-6,8,14H2,1H3. The van der Waals surface area contributed by atoms with Gasteiger partial charge in [-0.15, -0.1) is 0 Å². The number of carbonyl (C=O) groups is 1. The molecule has 1 aromatic rings. The van der Waals surface area contributed by atoms with Crippen LogP contribution in [0.4, 0.5) is 5.69 Å². The SMILES string of the molecule is COCCN1C(=O)CC(N)C1c1cccc([N+](=O)[O-])c1. The van der Waals surface area contributed by atoms with Crippen LogP contribution in [0.25, 0.3) is 0 Å². The Bertz CT molecular complexity index is 520. The van der Waals surface area contributed by atoms with Crippen LogP contribution in [-0.4, -0.2) is 42.0 Å². The summed E-state index contributed by atoms with van der Waals surface area (Å²) >= 11 is 0. The Morgan fingerprint density at radius 2 is 2.30 bits per heavy atom. The number of methoxy groups -OCH3 is 1. The number of amides is 1. The lowest BCUT2D eigenvalue weighted by molar-refractivity contribution is -0.384. The molecule has 20 heavy (non-hydrogen) atoms. The average molecular weight is 279 g/mol. The largest absolute Gasteiger partial charge is 0.383 e. The van der Waals surface area contributed by atoms with Gasteiger partial charge in [0.25, 0.3) is 5.69 Å². The lowest BCUT2D eigenvalue weighted by Crippen LogP contribution is -2.35. The maximum absolute atomic E-state index is 11.9. The van der Waals surface area contributed by atoms with Crippen LogP contribution in [0.1, 0.15) is 18.0 Å². The molecule has 0 aliphatic carbocycles. The van der Waals surface area contributed by atoms with Crippen LogP contribution in [-0.2, 0) is 9.53 Å². The fourth-order valence-corrected chi connectivity index (χ4v) is 2.52. The van der Waals surface area contributed by atoms with Gasteiger partial charge >= 0.3 is 0 Å². The van der Waals surface area contributed by atoms with Crippen molar-refractivity contribution in [3.05, 3.63) is 39.9 Å². The van der Waals surface area contributed by atoms with Gasteiger partial charge in [-0.3, -0.25) is 14.9 Å². The van der Waals surface area contributed by atoms with Gasteiger partial charge in [0, 0.05) is 38.2 Å². The molecular weight excluding hydrogens is 262 g/mol. The zero-order valence-electron chi connectivity index (χ0n) is 11.2. The minimum atomic E-state index is -0.453. The fraction of sp³-hybridized carbons (Fsp3) is 0.462. The second-order valence-electron chi connectivity index (χ2n) is 4.74. The van der Waals surface area contributed by atoms with Crippen molar-refractivity contribution < 1.29 is 14.5 Å². The maximum atomic E-state index is 11.9. The van der Waals surface area contributed by atoms with Crippen molar-refractivity contribution >= 4 is 11.6 Å². The average Bonchev–Trinajstić information content (AvgIpc) is 2.70. The van der Waals surface area contributed by atoms with E-state index in [0.717, 1.165) is 0 Å². The molecule has 0 radical (unpaired) electrons. The van der Waals surface area contributed by atoms with E-state index in [1.165, 1.54) is 12.1 Å². The Kier molecular flexibility index (Phi) is 4.31. The van der Waals surface area contributed by atoms with Crippen LogP contribution in [0.15, 0.2) is 24.3 Å². The van der Waals surface area contributed by atoms with Crippen LogP contribution < -0.4 is 5.73 Å². The number of ether oxygens (including phenoxy) is 1. The highest BCUT2D eigenvalue weighted by molar-refractivity contribution is 5.80. The minimum Gasteiger partial charge on any atom is -0.383 e. The van der Waals surface area contributed by atoms with E-state index in [2.05, 4.69) is 0 Å². The van der Waals surface area contributed by atoms with Crippen LogP contribution in [0.3, 0.4) is 0 Å². The van der Waals surface area contributed by atoms with E-state index in [-0.39, 0.29) is 30.1 Å². The van der Waals surface area contributed by atoms with E-state index in [9.17, 15) is 14.9 Å². The number of nitrogens with two attached hydrogens (primary N) is 1.